The predicted octanol–water partition coefficient (Wildman–Crippen LogP) is 3.44. The zero-order valence-corrected chi connectivity index (χ0v) is 14.4. The minimum atomic E-state index is -0.938. The number of benzene rings is 2. The fraction of sp³-hybridized carbons (Fsp3) is 0.286. The van der Waals surface area contributed by atoms with Crippen LogP contribution >= 0.6 is 0 Å². The highest BCUT2D eigenvalue weighted by Gasteiger charge is 2.43. The van der Waals surface area contributed by atoms with Crippen molar-refractivity contribution in [2.24, 2.45) is 5.92 Å². The summed E-state index contributed by atoms with van der Waals surface area (Å²) in [6.45, 7) is 0. The van der Waals surface area contributed by atoms with Gasteiger partial charge in [0.25, 0.3) is 0 Å². The Morgan fingerprint density at radius 1 is 1.12 bits per heavy atom. The van der Waals surface area contributed by atoms with E-state index in [2.05, 4.69) is 0 Å². The first-order valence-corrected chi connectivity index (χ1v) is 8.65. The lowest BCUT2D eigenvalue weighted by Crippen LogP contribution is -2.39. The molecule has 5 heteroatoms. The van der Waals surface area contributed by atoms with Crippen molar-refractivity contribution in [1.29, 1.82) is 0 Å². The maximum Gasteiger partial charge on any atom is 0.172 e. The largest absolute Gasteiger partial charge is 0.507 e. The molecular weight excluding hydrogens is 332 g/mol. The normalized spacial score (nSPS) is 22.9. The number of Topliss-reactive ketones (excluding diaryl/α,β-unsaturated/α-hetero) is 1. The summed E-state index contributed by atoms with van der Waals surface area (Å²) in [5.74, 6) is 0.380. The summed E-state index contributed by atoms with van der Waals surface area (Å²) in [6.07, 6.45) is -0.337. The van der Waals surface area contributed by atoms with Crippen LogP contribution in [0.15, 0.2) is 54.1 Å². The number of para-hydroxylation sites is 1. The number of carbonyl (C=O) groups excluding carboxylic acids is 1. The Bertz CT molecular complexity index is 868. The molecule has 1 saturated carbocycles. The number of carbonyl (C=O) groups is 1. The number of methoxy groups -OCH3 is 1. The van der Waals surface area contributed by atoms with Gasteiger partial charge in [0.1, 0.15) is 23.4 Å². The monoisotopic (exact) mass is 352 g/mol. The number of ketones is 1. The van der Waals surface area contributed by atoms with E-state index < -0.39 is 18.1 Å². The lowest BCUT2D eigenvalue weighted by Gasteiger charge is -2.36. The van der Waals surface area contributed by atoms with Gasteiger partial charge in [0.15, 0.2) is 5.78 Å². The Balaban J connectivity index is 1.66. The van der Waals surface area contributed by atoms with Crippen molar-refractivity contribution in [3.63, 3.8) is 0 Å². The van der Waals surface area contributed by atoms with Gasteiger partial charge in [-0.25, -0.2) is 0 Å². The van der Waals surface area contributed by atoms with E-state index in [0.29, 0.717) is 35.5 Å². The lowest BCUT2D eigenvalue weighted by molar-refractivity contribution is -0.126. The molecule has 5 nitrogen and oxygen atoms in total. The quantitative estimate of drug-likeness (QED) is 0.885. The molecule has 2 aliphatic rings. The maximum atomic E-state index is 13.0. The van der Waals surface area contributed by atoms with E-state index in [9.17, 15) is 15.0 Å². The molecule has 1 heterocycles. The second-order valence-corrected chi connectivity index (χ2v) is 6.63. The standard InChI is InChI=1S/C21H20O5/c1-25-13-8-6-12(7-9-13)19(22)15-10-11-17-18(21(15)24)20(23)14-4-2-3-5-16(14)26-17/h2-9,15,17,19,22-23H,10-11H2,1H3. The smallest absolute Gasteiger partial charge is 0.172 e. The average molecular weight is 352 g/mol. The molecule has 0 bridgehead atoms. The van der Waals surface area contributed by atoms with Gasteiger partial charge in [-0.3, -0.25) is 4.79 Å². The van der Waals surface area contributed by atoms with Crippen LogP contribution in [0.25, 0.3) is 5.76 Å². The number of aliphatic hydroxyl groups excluding tert-OH is 2. The fourth-order valence-electron chi connectivity index (χ4n) is 3.75. The molecule has 26 heavy (non-hydrogen) atoms. The van der Waals surface area contributed by atoms with Crippen molar-refractivity contribution < 1.29 is 24.5 Å². The number of hydrogen-bond donors (Lipinski definition) is 2. The molecule has 2 N–H and O–H groups in total. The highest BCUT2D eigenvalue weighted by molar-refractivity contribution is 6.05. The van der Waals surface area contributed by atoms with Crippen molar-refractivity contribution in [3.05, 3.63) is 65.2 Å². The molecule has 1 fully saturated rings. The third kappa shape index (κ3) is 2.65. The average Bonchev–Trinajstić information content (AvgIpc) is 2.68. The molecule has 134 valence electrons. The first kappa shape index (κ1) is 16.7. The Labute approximate surface area is 151 Å². The SMILES string of the molecule is COc1ccc(C(O)C2CCC3Oc4ccccc4C(O)=C3C2=O)cc1. The van der Waals surface area contributed by atoms with Gasteiger partial charge in [0.2, 0.25) is 0 Å². The molecule has 0 saturated heterocycles. The van der Waals surface area contributed by atoms with Crippen LogP contribution in [-0.2, 0) is 4.79 Å². The van der Waals surface area contributed by atoms with Crippen molar-refractivity contribution in [1.82, 2.24) is 0 Å². The fourth-order valence-corrected chi connectivity index (χ4v) is 3.75. The van der Waals surface area contributed by atoms with Crippen LogP contribution in [0.4, 0.5) is 0 Å². The number of rotatable bonds is 3. The van der Waals surface area contributed by atoms with Crippen LogP contribution in [0.1, 0.15) is 30.1 Å². The van der Waals surface area contributed by atoms with Gasteiger partial charge in [0, 0.05) is 0 Å². The summed E-state index contributed by atoms with van der Waals surface area (Å²) >= 11 is 0. The highest BCUT2D eigenvalue weighted by atomic mass is 16.5. The van der Waals surface area contributed by atoms with Crippen molar-refractivity contribution >= 4 is 11.5 Å². The molecule has 0 spiro atoms. The van der Waals surface area contributed by atoms with E-state index in [1.165, 1.54) is 0 Å². The minimum Gasteiger partial charge on any atom is -0.507 e. The summed E-state index contributed by atoms with van der Waals surface area (Å²) < 4.78 is 11.0. The van der Waals surface area contributed by atoms with Gasteiger partial charge in [0.05, 0.1) is 30.3 Å². The van der Waals surface area contributed by atoms with Gasteiger partial charge < -0.3 is 19.7 Å². The van der Waals surface area contributed by atoms with Crippen molar-refractivity contribution in [2.75, 3.05) is 7.11 Å². The summed E-state index contributed by atoms with van der Waals surface area (Å²) in [7, 11) is 1.58. The molecule has 4 rings (SSSR count). The van der Waals surface area contributed by atoms with Crippen LogP contribution in [-0.4, -0.2) is 29.2 Å². The molecular formula is C21H20O5. The molecule has 1 aliphatic carbocycles. The van der Waals surface area contributed by atoms with Gasteiger partial charge in [-0.15, -0.1) is 0 Å². The molecule has 3 atom stereocenters. The Morgan fingerprint density at radius 2 is 1.85 bits per heavy atom. The lowest BCUT2D eigenvalue weighted by atomic mass is 9.76. The third-order valence-corrected chi connectivity index (χ3v) is 5.17. The number of ether oxygens (including phenoxy) is 2. The molecule has 1 aliphatic heterocycles. The number of hydrogen-bond acceptors (Lipinski definition) is 5. The van der Waals surface area contributed by atoms with Crippen LogP contribution in [0.5, 0.6) is 11.5 Å². The molecule has 2 aromatic rings. The van der Waals surface area contributed by atoms with Gasteiger partial charge in [-0.1, -0.05) is 24.3 Å². The molecule has 2 aromatic carbocycles. The van der Waals surface area contributed by atoms with Crippen molar-refractivity contribution in [3.8, 4) is 11.5 Å². The summed E-state index contributed by atoms with van der Waals surface area (Å²) in [5.41, 5.74) is 1.44. The van der Waals surface area contributed by atoms with E-state index in [-0.39, 0.29) is 17.1 Å². The molecule has 0 radical (unpaired) electrons. The Morgan fingerprint density at radius 3 is 2.58 bits per heavy atom. The second kappa shape index (κ2) is 6.50. The zero-order chi connectivity index (χ0) is 18.3. The van der Waals surface area contributed by atoms with Gasteiger partial charge in [-0.05, 0) is 42.7 Å². The van der Waals surface area contributed by atoms with Crippen LogP contribution in [0.3, 0.4) is 0 Å². The first-order chi connectivity index (χ1) is 12.6. The second-order valence-electron chi connectivity index (χ2n) is 6.63. The van der Waals surface area contributed by atoms with E-state index >= 15 is 0 Å². The molecule has 0 aromatic heterocycles. The topological polar surface area (TPSA) is 76.0 Å². The third-order valence-electron chi connectivity index (χ3n) is 5.17. The molecule has 0 amide bonds. The first-order valence-electron chi connectivity index (χ1n) is 8.65. The van der Waals surface area contributed by atoms with Crippen LogP contribution in [0.2, 0.25) is 0 Å². The predicted molar refractivity (Wildman–Crippen MR) is 96.1 cm³/mol. The zero-order valence-electron chi connectivity index (χ0n) is 14.4. The minimum absolute atomic E-state index is 0.0338. The van der Waals surface area contributed by atoms with Gasteiger partial charge in [-0.2, -0.15) is 0 Å². The summed E-state index contributed by atoms with van der Waals surface area (Å²) in [6, 6.07) is 14.1. The van der Waals surface area contributed by atoms with E-state index in [4.69, 9.17) is 9.47 Å². The van der Waals surface area contributed by atoms with Crippen LogP contribution < -0.4 is 9.47 Å². The van der Waals surface area contributed by atoms with E-state index in [1.54, 1.807) is 49.6 Å². The van der Waals surface area contributed by atoms with Crippen molar-refractivity contribution in [2.45, 2.75) is 25.0 Å². The summed E-state index contributed by atoms with van der Waals surface area (Å²) in [5, 5.41) is 21.4. The van der Waals surface area contributed by atoms with E-state index in [0.717, 1.165) is 0 Å². The van der Waals surface area contributed by atoms with Gasteiger partial charge >= 0.3 is 0 Å². The summed E-state index contributed by atoms with van der Waals surface area (Å²) in [4.78, 5) is 13.0. The maximum absolute atomic E-state index is 13.0. The molecule has 3 unspecified atom stereocenters. The Hall–Kier alpha value is -2.79. The van der Waals surface area contributed by atoms with E-state index in [1.807, 2.05) is 6.07 Å². The number of aliphatic hydroxyl groups is 2. The highest BCUT2D eigenvalue weighted by Crippen LogP contribution is 2.43. The number of fused-ring (bicyclic) bond motifs is 2. The Kier molecular flexibility index (Phi) is 4.17. The van der Waals surface area contributed by atoms with Crippen LogP contribution in [0, 0.1) is 5.92 Å².